The van der Waals surface area contributed by atoms with Gasteiger partial charge in [-0.2, -0.15) is 0 Å². The first kappa shape index (κ1) is 19.1. The molecule has 3 aromatic rings. The van der Waals surface area contributed by atoms with Crippen molar-refractivity contribution in [3.8, 4) is 11.3 Å². The van der Waals surface area contributed by atoms with Crippen molar-refractivity contribution < 1.29 is 13.9 Å². The van der Waals surface area contributed by atoms with Crippen LogP contribution in [-0.2, 0) is 14.9 Å². The Bertz CT molecular complexity index is 984. The summed E-state index contributed by atoms with van der Waals surface area (Å²) in [6.45, 7) is 0.959. The van der Waals surface area contributed by atoms with E-state index in [-0.39, 0.29) is 11.7 Å². The fourth-order valence-electron chi connectivity index (χ4n) is 3.48. The molecule has 0 saturated carbocycles. The Balaban J connectivity index is 1.60. The first-order chi connectivity index (χ1) is 13.6. The van der Waals surface area contributed by atoms with Crippen molar-refractivity contribution >= 4 is 34.0 Å². The highest BCUT2D eigenvalue weighted by Gasteiger charge is 2.42. The second-order valence-electron chi connectivity index (χ2n) is 6.67. The van der Waals surface area contributed by atoms with Gasteiger partial charge in [0.2, 0.25) is 5.91 Å². The number of benzene rings is 2. The molecule has 1 saturated heterocycles. The molecular formula is C21H18ClFN2O2S. The molecule has 2 heterocycles. The maximum absolute atomic E-state index is 13.4. The Hall–Kier alpha value is -2.28. The smallest absolute Gasteiger partial charge is 0.236 e. The normalized spacial score (nSPS) is 15.9. The summed E-state index contributed by atoms with van der Waals surface area (Å²) in [6, 6.07) is 13.6. The molecule has 28 heavy (non-hydrogen) atoms. The molecule has 4 rings (SSSR count). The van der Waals surface area contributed by atoms with Gasteiger partial charge in [-0.25, -0.2) is 9.37 Å². The van der Waals surface area contributed by atoms with Gasteiger partial charge in [-0.1, -0.05) is 41.9 Å². The Kier molecular flexibility index (Phi) is 5.44. The Morgan fingerprint density at radius 3 is 2.57 bits per heavy atom. The molecule has 1 aromatic heterocycles. The molecule has 0 unspecified atom stereocenters. The van der Waals surface area contributed by atoms with E-state index in [1.807, 2.05) is 23.6 Å². The van der Waals surface area contributed by atoms with Crippen molar-refractivity contribution in [3.05, 3.63) is 70.3 Å². The molecular weight excluding hydrogens is 399 g/mol. The van der Waals surface area contributed by atoms with Gasteiger partial charge >= 0.3 is 0 Å². The van der Waals surface area contributed by atoms with Crippen molar-refractivity contribution in [2.45, 2.75) is 18.3 Å². The number of thiazole rings is 1. The van der Waals surface area contributed by atoms with E-state index < -0.39 is 5.41 Å². The molecule has 0 bridgehead atoms. The lowest BCUT2D eigenvalue weighted by Crippen LogP contribution is -2.44. The van der Waals surface area contributed by atoms with Gasteiger partial charge in [0, 0.05) is 29.2 Å². The predicted octanol–water partition coefficient (Wildman–Crippen LogP) is 5.29. The van der Waals surface area contributed by atoms with Gasteiger partial charge in [0.05, 0.1) is 11.1 Å². The molecule has 144 valence electrons. The minimum atomic E-state index is -0.762. The van der Waals surface area contributed by atoms with Gasteiger partial charge in [0.25, 0.3) is 0 Å². The van der Waals surface area contributed by atoms with Crippen molar-refractivity contribution in [2.24, 2.45) is 0 Å². The number of hydrogen-bond donors (Lipinski definition) is 1. The number of amides is 1. The lowest BCUT2D eigenvalue weighted by molar-refractivity contribution is -0.125. The van der Waals surface area contributed by atoms with E-state index in [0.29, 0.717) is 41.9 Å². The first-order valence-corrected chi connectivity index (χ1v) is 10.2. The minimum absolute atomic E-state index is 0.150. The van der Waals surface area contributed by atoms with Crippen LogP contribution in [0, 0.1) is 5.82 Å². The topological polar surface area (TPSA) is 51.2 Å². The largest absolute Gasteiger partial charge is 0.381 e. The van der Waals surface area contributed by atoms with Crippen molar-refractivity contribution in [1.82, 2.24) is 4.98 Å². The van der Waals surface area contributed by atoms with E-state index in [1.54, 1.807) is 18.2 Å². The summed E-state index contributed by atoms with van der Waals surface area (Å²) in [5.74, 6) is -0.474. The quantitative estimate of drug-likeness (QED) is 0.628. The molecule has 1 aliphatic heterocycles. The molecule has 4 nitrogen and oxygen atoms in total. The highest BCUT2D eigenvalue weighted by Crippen LogP contribution is 2.37. The highest BCUT2D eigenvalue weighted by atomic mass is 35.5. The van der Waals surface area contributed by atoms with Crippen LogP contribution in [0.4, 0.5) is 9.52 Å². The average molecular weight is 417 g/mol. The monoisotopic (exact) mass is 416 g/mol. The molecule has 7 heteroatoms. The number of anilines is 1. The van der Waals surface area contributed by atoms with Crippen LogP contribution in [0.3, 0.4) is 0 Å². The number of rotatable bonds is 4. The van der Waals surface area contributed by atoms with E-state index in [1.165, 1.54) is 23.5 Å². The first-order valence-electron chi connectivity index (χ1n) is 8.94. The Morgan fingerprint density at radius 2 is 1.86 bits per heavy atom. The minimum Gasteiger partial charge on any atom is -0.381 e. The van der Waals surface area contributed by atoms with E-state index in [2.05, 4.69) is 10.3 Å². The zero-order chi connectivity index (χ0) is 19.6. The molecule has 1 N–H and O–H groups in total. The van der Waals surface area contributed by atoms with E-state index in [0.717, 1.165) is 11.1 Å². The zero-order valence-corrected chi connectivity index (χ0v) is 16.5. The number of ether oxygens (including phenoxy) is 1. The summed E-state index contributed by atoms with van der Waals surface area (Å²) < 4.78 is 18.8. The summed E-state index contributed by atoms with van der Waals surface area (Å²) in [6.07, 6.45) is 1.07. The van der Waals surface area contributed by atoms with Gasteiger partial charge in [-0.05, 0) is 36.6 Å². The molecule has 0 atom stereocenters. The lowest BCUT2D eigenvalue weighted by atomic mass is 9.73. The summed E-state index contributed by atoms with van der Waals surface area (Å²) in [5.41, 5.74) is 1.56. The van der Waals surface area contributed by atoms with Gasteiger partial charge in [0.1, 0.15) is 5.82 Å². The van der Waals surface area contributed by atoms with Gasteiger partial charge in [0.15, 0.2) is 5.13 Å². The third-order valence-electron chi connectivity index (χ3n) is 5.05. The molecule has 2 aromatic carbocycles. The average Bonchev–Trinajstić information content (AvgIpc) is 3.17. The third-order valence-corrected chi connectivity index (χ3v) is 6.14. The predicted molar refractivity (Wildman–Crippen MR) is 109 cm³/mol. The fourth-order valence-corrected chi connectivity index (χ4v) is 4.41. The van der Waals surface area contributed by atoms with E-state index in [9.17, 15) is 9.18 Å². The van der Waals surface area contributed by atoms with Gasteiger partial charge in [-0.3, -0.25) is 4.79 Å². The van der Waals surface area contributed by atoms with Crippen LogP contribution in [0.15, 0.2) is 53.9 Å². The van der Waals surface area contributed by atoms with Crippen LogP contribution in [0.5, 0.6) is 0 Å². The second-order valence-corrected chi connectivity index (χ2v) is 7.94. The molecule has 0 aliphatic carbocycles. The molecule has 1 aliphatic rings. The van der Waals surface area contributed by atoms with Crippen molar-refractivity contribution in [3.63, 3.8) is 0 Å². The summed E-state index contributed by atoms with van der Waals surface area (Å²) in [7, 11) is 0. The Morgan fingerprint density at radius 1 is 1.14 bits per heavy atom. The van der Waals surface area contributed by atoms with Gasteiger partial charge in [-0.15, -0.1) is 11.3 Å². The maximum Gasteiger partial charge on any atom is 0.236 e. The molecule has 0 radical (unpaired) electrons. The third kappa shape index (κ3) is 3.68. The summed E-state index contributed by atoms with van der Waals surface area (Å²) >= 11 is 7.59. The van der Waals surface area contributed by atoms with Crippen LogP contribution in [0.2, 0.25) is 5.02 Å². The SMILES string of the molecule is O=C(Nc1nc(-c2ccccc2Cl)cs1)C1(c2ccc(F)cc2)CCOCC1. The van der Waals surface area contributed by atoms with Crippen molar-refractivity contribution in [1.29, 1.82) is 0 Å². The number of nitrogens with one attached hydrogen (secondary N) is 1. The molecule has 1 amide bonds. The standard InChI is InChI=1S/C21H18ClFN2O2S/c22-17-4-2-1-3-16(17)18-13-28-20(24-18)25-19(26)21(9-11-27-12-10-21)14-5-7-15(23)8-6-14/h1-8,13H,9-12H2,(H,24,25,26). The highest BCUT2D eigenvalue weighted by molar-refractivity contribution is 7.14. The number of hydrogen-bond acceptors (Lipinski definition) is 4. The second kappa shape index (κ2) is 7.99. The lowest BCUT2D eigenvalue weighted by Gasteiger charge is -2.36. The van der Waals surface area contributed by atoms with E-state index in [4.69, 9.17) is 16.3 Å². The van der Waals surface area contributed by atoms with E-state index >= 15 is 0 Å². The number of carbonyl (C=O) groups is 1. The summed E-state index contributed by atoms with van der Waals surface area (Å²) in [4.78, 5) is 17.8. The van der Waals surface area contributed by atoms with Crippen LogP contribution < -0.4 is 5.32 Å². The van der Waals surface area contributed by atoms with Crippen LogP contribution in [0.1, 0.15) is 18.4 Å². The van der Waals surface area contributed by atoms with Crippen LogP contribution in [-0.4, -0.2) is 24.1 Å². The van der Waals surface area contributed by atoms with Crippen molar-refractivity contribution in [2.75, 3.05) is 18.5 Å². The number of aromatic nitrogens is 1. The van der Waals surface area contributed by atoms with Gasteiger partial charge < -0.3 is 10.1 Å². The fraction of sp³-hybridized carbons (Fsp3) is 0.238. The van der Waals surface area contributed by atoms with Crippen LogP contribution >= 0.6 is 22.9 Å². The molecule has 0 spiro atoms. The zero-order valence-electron chi connectivity index (χ0n) is 15.0. The number of nitrogens with zero attached hydrogens (tertiary/aromatic N) is 1. The summed E-state index contributed by atoms with van der Waals surface area (Å²) in [5, 5.41) is 5.93. The van der Waals surface area contributed by atoms with Crippen LogP contribution in [0.25, 0.3) is 11.3 Å². The molecule has 1 fully saturated rings. The number of halogens is 2. The Labute approximate surface area is 171 Å². The number of carbonyl (C=O) groups excluding carboxylic acids is 1. The maximum atomic E-state index is 13.4.